The van der Waals surface area contributed by atoms with Crippen LogP contribution in [0.15, 0.2) is 35.7 Å². The first-order valence-electron chi connectivity index (χ1n) is 5.94. The van der Waals surface area contributed by atoms with Crippen LogP contribution in [0.25, 0.3) is 0 Å². The van der Waals surface area contributed by atoms with E-state index in [0.717, 1.165) is 24.3 Å². The van der Waals surface area contributed by atoms with Gasteiger partial charge in [-0.25, -0.2) is 0 Å². The normalized spacial score (nSPS) is 10.4. The number of nitrogens with one attached hydrogen (secondary N) is 1. The molecule has 90 valence electrons. The first kappa shape index (κ1) is 12.0. The van der Waals surface area contributed by atoms with Gasteiger partial charge in [-0.05, 0) is 35.6 Å². The molecule has 3 heteroatoms. The predicted octanol–water partition coefficient (Wildman–Crippen LogP) is 3.89. The number of nitrogens with two attached hydrogens (primary N) is 1. The molecular formula is C14H18N2S. The van der Waals surface area contributed by atoms with Gasteiger partial charge in [-0.3, -0.25) is 0 Å². The second kappa shape index (κ2) is 5.73. The third-order valence-corrected chi connectivity index (χ3v) is 3.66. The summed E-state index contributed by atoms with van der Waals surface area (Å²) in [6.07, 6.45) is 2.34. The molecule has 17 heavy (non-hydrogen) atoms. The van der Waals surface area contributed by atoms with Gasteiger partial charge in [-0.1, -0.05) is 25.5 Å². The van der Waals surface area contributed by atoms with E-state index in [1.165, 1.54) is 16.9 Å². The van der Waals surface area contributed by atoms with E-state index < -0.39 is 0 Å². The fourth-order valence-corrected chi connectivity index (χ4v) is 2.49. The fourth-order valence-electron chi connectivity index (χ4n) is 1.75. The molecule has 2 rings (SSSR count). The molecule has 0 spiro atoms. The van der Waals surface area contributed by atoms with Crippen molar-refractivity contribution < 1.29 is 0 Å². The molecule has 1 heterocycles. The molecule has 0 aliphatic carbocycles. The van der Waals surface area contributed by atoms with Gasteiger partial charge >= 0.3 is 0 Å². The van der Waals surface area contributed by atoms with Gasteiger partial charge in [0, 0.05) is 16.3 Å². The Morgan fingerprint density at radius 3 is 2.53 bits per heavy atom. The molecule has 0 radical (unpaired) electrons. The minimum atomic E-state index is 0.802. The molecule has 0 amide bonds. The predicted molar refractivity (Wildman–Crippen MR) is 76.5 cm³/mol. The lowest BCUT2D eigenvalue weighted by molar-refractivity contribution is 0.922. The van der Waals surface area contributed by atoms with Crippen molar-refractivity contribution in [2.75, 3.05) is 11.1 Å². The maximum Gasteiger partial charge on any atom is 0.0514 e. The summed E-state index contributed by atoms with van der Waals surface area (Å²) < 4.78 is 0. The topological polar surface area (TPSA) is 38.0 Å². The van der Waals surface area contributed by atoms with E-state index in [4.69, 9.17) is 5.73 Å². The lowest BCUT2D eigenvalue weighted by Gasteiger charge is -2.06. The van der Waals surface area contributed by atoms with E-state index in [0.29, 0.717) is 0 Å². The van der Waals surface area contributed by atoms with Crippen LogP contribution < -0.4 is 11.1 Å². The Kier molecular flexibility index (Phi) is 4.04. The van der Waals surface area contributed by atoms with Crippen molar-refractivity contribution in [1.29, 1.82) is 0 Å². The van der Waals surface area contributed by atoms with E-state index in [2.05, 4.69) is 36.5 Å². The lowest BCUT2D eigenvalue weighted by Crippen LogP contribution is -1.99. The highest BCUT2D eigenvalue weighted by Crippen LogP contribution is 2.20. The van der Waals surface area contributed by atoms with E-state index in [1.807, 2.05) is 11.4 Å². The standard InChI is InChI=1S/C14H18N2S/c1-2-3-11-4-6-12(7-5-11)16-10-14-13(15)8-9-17-14/h4-9,16H,2-3,10,15H2,1H3. The molecule has 1 aromatic heterocycles. The number of nitrogen functional groups attached to an aromatic ring is 1. The van der Waals surface area contributed by atoms with E-state index >= 15 is 0 Å². The molecule has 2 nitrogen and oxygen atoms in total. The Bertz CT molecular complexity index is 459. The number of benzene rings is 1. The summed E-state index contributed by atoms with van der Waals surface area (Å²) in [5.74, 6) is 0. The van der Waals surface area contributed by atoms with Crippen molar-refractivity contribution >= 4 is 22.7 Å². The number of hydrogen-bond acceptors (Lipinski definition) is 3. The molecule has 3 N–H and O–H groups in total. The van der Waals surface area contributed by atoms with Crippen LogP contribution in [0.3, 0.4) is 0 Å². The van der Waals surface area contributed by atoms with Crippen molar-refractivity contribution in [2.45, 2.75) is 26.3 Å². The van der Waals surface area contributed by atoms with Gasteiger partial charge in [-0.15, -0.1) is 11.3 Å². The van der Waals surface area contributed by atoms with Crippen molar-refractivity contribution in [3.63, 3.8) is 0 Å². The van der Waals surface area contributed by atoms with Crippen molar-refractivity contribution in [1.82, 2.24) is 0 Å². The molecule has 0 saturated carbocycles. The summed E-state index contributed by atoms with van der Waals surface area (Å²) in [4.78, 5) is 1.20. The Hall–Kier alpha value is -1.48. The van der Waals surface area contributed by atoms with Crippen LogP contribution in [-0.2, 0) is 13.0 Å². The van der Waals surface area contributed by atoms with Gasteiger partial charge in [0.2, 0.25) is 0 Å². The summed E-state index contributed by atoms with van der Waals surface area (Å²) in [7, 11) is 0. The second-order valence-corrected chi connectivity index (χ2v) is 5.10. The SMILES string of the molecule is CCCc1ccc(NCc2sccc2N)cc1. The zero-order valence-corrected chi connectivity index (χ0v) is 10.9. The number of thiophene rings is 1. The molecule has 0 saturated heterocycles. The summed E-state index contributed by atoms with van der Waals surface area (Å²) in [6.45, 7) is 3.00. The first-order valence-corrected chi connectivity index (χ1v) is 6.82. The molecule has 2 aromatic rings. The third kappa shape index (κ3) is 3.24. The number of rotatable bonds is 5. The smallest absolute Gasteiger partial charge is 0.0514 e. The highest BCUT2D eigenvalue weighted by molar-refractivity contribution is 7.10. The van der Waals surface area contributed by atoms with Crippen molar-refractivity contribution in [3.8, 4) is 0 Å². The van der Waals surface area contributed by atoms with E-state index in [9.17, 15) is 0 Å². The monoisotopic (exact) mass is 246 g/mol. The van der Waals surface area contributed by atoms with Gasteiger partial charge in [0.05, 0.1) is 6.54 Å². The van der Waals surface area contributed by atoms with E-state index in [-0.39, 0.29) is 0 Å². The van der Waals surface area contributed by atoms with Gasteiger partial charge in [0.25, 0.3) is 0 Å². The Morgan fingerprint density at radius 1 is 1.18 bits per heavy atom. The first-order chi connectivity index (χ1) is 8.29. The van der Waals surface area contributed by atoms with Crippen LogP contribution in [0.1, 0.15) is 23.8 Å². The fraction of sp³-hybridized carbons (Fsp3) is 0.286. The molecule has 0 atom stereocenters. The quantitative estimate of drug-likeness (QED) is 0.839. The average molecular weight is 246 g/mol. The highest BCUT2D eigenvalue weighted by atomic mass is 32.1. The number of hydrogen-bond donors (Lipinski definition) is 2. The average Bonchev–Trinajstić information content (AvgIpc) is 2.75. The van der Waals surface area contributed by atoms with Crippen molar-refractivity contribution in [2.24, 2.45) is 0 Å². The maximum absolute atomic E-state index is 5.84. The van der Waals surface area contributed by atoms with Crippen LogP contribution >= 0.6 is 11.3 Å². The molecule has 0 unspecified atom stereocenters. The van der Waals surface area contributed by atoms with Crippen LogP contribution in [0, 0.1) is 0 Å². The van der Waals surface area contributed by atoms with Crippen LogP contribution in [0.5, 0.6) is 0 Å². The molecular weight excluding hydrogens is 228 g/mol. The third-order valence-electron chi connectivity index (χ3n) is 2.73. The minimum absolute atomic E-state index is 0.802. The Labute approximate surface area is 106 Å². The summed E-state index contributed by atoms with van der Waals surface area (Å²) >= 11 is 1.69. The second-order valence-electron chi connectivity index (χ2n) is 4.10. The van der Waals surface area contributed by atoms with Crippen LogP contribution in [-0.4, -0.2) is 0 Å². The Balaban J connectivity index is 1.93. The number of anilines is 2. The van der Waals surface area contributed by atoms with Crippen molar-refractivity contribution in [3.05, 3.63) is 46.2 Å². The van der Waals surface area contributed by atoms with E-state index in [1.54, 1.807) is 11.3 Å². The highest BCUT2D eigenvalue weighted by Gasteiger charge is 2.00. The van der Waals surface area contributed by atoms with Gasteiger partial charge in [-0.2, -0.15) is 0 Å². The van der Waals surface area contributed by atoms with Gasteiger partial charge < -0.3 is 11.1 Å². The van der Waals surface area contributed by atoms with Crippen LogP contribution in [0.4, 0.5) is 11.4 Å². The summed E-state index contributed by atoms with van der Waals surface area (Å²) in [5, 5.41) is 5.41. The zero-order valence-electron chi connectivity index (χ0n) is 10.1. The summed E-state index contributed by atoms with van der Waals surface area (Å²) in [5.41, 5.74) is 9.27. The largest absolute Gasteiger partial charge is 0.398 e. The maximum atomic E-state index is 5.84. The van der Waals surface area contributed by atoms with Gasteiger partial charge in [0.1, 0.15) is 0 Å². The molecule has 0 fully saturated rings. The lowest BCUT2D eigenvalue weighted by atomic mass is 10.1. The minimum Gasteiger partial charge on any atom is -0.398 e. The molecule has 0 aliphatic heterocycles. The zero-order chi connectivity index (χ0) is 12.1. The van der Waals surface area contributed by atoms with Crippen LogP contribution in [0.2, 0.25) is 0 Å². The Morgan fingerprint density at radius 2 is 1.94 bits per heavy atom. The summed E-state index contributed by atoms with van der Waals surface area (Å²) in [6, 6.07) is 10.6. The number of aryl methyl sites for hydroxylation is 1. The molecule has 0 bridgehead atoms. The van der Waals surface area contributed by atoms with Gasteiger partial charge in [0.15, 0.2) is 0 Å². The molecule has 1 aromatic carbocycles. The molecule has 0 aliphatic rings.